The van der Waals surface area contributed by atoms with E-state index in [0.29, 0.717) is 0 Å². The zero-order valence-corrected chi connectivity index (χ0v) is 31.2. The second-order valence-electron chi connectivity index (χ2n) is 13.5. The summed E-state index contributed by atoms with van der Waals surface area (Å²) < 4.78 is 33.3. The molecule has 0 aliphatic rings. The topological polar surface area (TPSA) is 52.6 Å². The van der Waals surface area contributed by atoms with Gasteiger partial charge in [0.15, 0.2) is 0 Å². The van der Waals surface area contributed by atoms with Crippen LogP contribution < -0.4 is 0 Å². The standard InChI is InChI=1S/C40H78O4S/c1-3-5-7-9-11-13-15-17-19-21-23-25-27-29-31-33-35-37-39-43-45(41,42)44-40-38-36-34-32-30-28-26-24-22-20-18-16-14-12-10-8-6-4-2/h37-40H,3-36H2,1-2H3/b39-37+,40-38+. The third-order valence-electron chi connectivity index (χ3n) is 8.99. The number of rotatable bonds is 38. The van der Waals surface area contributed by atoms with E-state index in [4.69, 9.17) is 8.37 Å². The summed E-state index contributed by atoms with van der Waals surface area (Å²) in [4.78, 5) is 0. The average molecular weight is 655 g/mol. The fourth-order valence-electron chi connectivity index (χ4n) is 5.99. The zero-order valence-electron chi connectivity index (χ0n) is 30.4. The van der Waals surface area contributed by atoms with Crippen LogP contribution in [0.5, 0.6) is 0 Å². The molecule has 0 amide bonds. The molecule has 0 N–H and O–H groups in total. The lowest BCUT2D eigenvalue weighted by Gasteiger charge is -2.03. The summed E-state index contributed by atoms with van der Waals surface area (Å²) in [6.07, 6.45) is 51.0. The molecule has 0 fully saturated rings. The highest BCUT2D eigenvalue weighted by atomic mass is 32.3. The summed E-state index contributed by atoms with van der Waals surface area (Å²) in [5, 5.41) is 0. The fourth-order valence-corrected chi connectivity index (χ4v) is 6.47. The molecule has 45 heavy (non-hydrogen) atoms. The van der Waals surface area contributed by atoms with Crippen molar-refractivity contribution < 1.29 is 16.8 Å². The van der Waals surface area contributed by atoms with Crippen LogP contribution in [-0.2, 0) is 18.8 Å². The maximum Gasteiger partial charge on any atom is 0.499 e. The van der Waals surface area contributed by atoms with Crippen LogP contribution in [0.1, 0.15) is 232 Å². The predicted octanol–water partition coefficient (Wildman–Crippen LogP) is 14.6. The van der Waals surface area contributed by atoms with Crippen LogP contribution in [-0.4, -0.2) is 8.42 Å². The Morgan fingerprint density at radius 1 is 0.333 bits per heavy atom. The molecule has 0 atom stereocenters. The maximum absolute atomic E-state index is 11.8. The molecule has 5 heteroatoms. The van der Waals surface area contributed by atoms with E-state index in [2.05, 4.69) is 13.8 Å². The first-order chi connectivity index (χ1) is 22.1. The molecule has 0 saturated carbocycles. The van der Waals surface area contributed by atoms with Crippen LogP contribution in [0.15, 0.2) is 24.7 Å². The van der Waals surface area contributed by atoms with Crippen molar-refractivity contribution >= 4 is 10.4 Å². The van der Waals surface area contributed by atoms with Gasteiger partial charge in [-0.1, -0.05) is 206 Å². The van der Waals surface area contributed by atoms with Gasteiger partial charge in [0.1, 0.15) is 12.5 Å². The third kappa shape index (κ3) is 39.1. The van der Waals surface area contributed by atoms with Crippen LogP contribution >= 0.6 is 0 Å². The molecular formula is C40H78O4S. The first-order valence-corrected chi connectivity index (χ1v) is 21.4. The summed E-state index contributed by atoms with van der Waals surface area (Å²) in [7, 11) is -4.00. The summed E-state index contributed by atoms with van der Waals surface area (Å²) >= 11 is 0. The zero-order chi connectivity index (χ0) is 32.8. The predicted molar refractivity (Wildman–Crippen MR) is 198 cm³/mol. The van der Waals surface area contributed by atoms with Crippen molar-refractivity contribution in [2.24, 2.45) is 0 Å². The SMILES string of the molecule is CCCCCCCCCCCCCCCCCC/C=C/OS(=O)(=O)O/C=C/CCCCCCCCCCCCCCCCCC. The van der Waals surface area contributed by atoms with Gasteiger partial charge in [0.25, 0.3) is 0 Å². The summed E-state index contributed by atoms with van der Waals surface area (Å²) in [6.45, 7) is 4.56. The van der Waals surface area contributed by atoms with Crippen LogP contribution in [0.3, 0.4) is 0 Å². The van der Waals surface area contributed by atoms with Crippen molar-refractivity contribution in [3.8, 4) is 0 Å². The van der Waals surface area contributed by atoms with Gasteiger partial charge in [-0.25, -0.2) is 0 Å². The number of hydrogen-bond acceptors (Lipinski definition) is 4. The molecule has 4 nitrogen and oxygen atoms in total. The quantitative estimate of drug-likeness (QED) is 0.0491. The monoisotopic (exact) mass is 655 g/mol. The van der Waals surface area contributed by atoms with E-state index in [1.807, 2.05) is 0 Å². The maximum atomic E-state index is 11.8. The van der Waals surface area contributed by atoms with Crippen molar-refractivity contribution in [1.29, 1.82) is 0 Å². The molecular weight excluding hydrogens is 577 g/mol. The van der Waals surface area contributed by atoms with Gasteiger partial charge in [0, 0.05) is 0 Å². The van der Waals surface area contributed by atoms with E-state index in [1.54, 1.807) is 12.2 Å². The van der Waals surface area contributed by atoms with Crippen LogP contribution in [0, 0.1) is 0 Å². The Bertz CT molecular complexity index is 662. The van der Waals surface area contributed by atoms with Crippen molar-refractivity contribution in [1.82, 2.24) is 0 Å². The van der Waals surface area contributed by atoms with Gasteiger partial charge in [-0.15, -0.1) is 8.42 Å². The Hall–Kier alpha value is -0.970. The number of unbranched alkanes of at least 4 members (excludes halogenated alkanes) is 32. The van der Waals surface area contributed by atoms with Gasteiger partial charge in [0.05, 0.1) is 0 Å². The molecule has 0 aliphatic heterocycles. The fraction of sp³-hybridized carbons (Fsp3) is 0.900. The van der Waals surface area contributed by atoms with Crippen molar-refractivity contribution in [3.63, 3.8) is 0 Å². The van der Waals surface area contributed by atoms with Crippen molar-refractivity contribution in [2.45, 2.75) is 232 Å². The van der Waals surface area contributed by atoms with E-state index >= 15 is 0 Å². The van der Waals surface area contributed by atoms with Crippen molar-refractivity contribution in [3.05, 3.63) is 24.7 Å². The highest BCUT2D eigenvalue weighted by Crippen LogP contribution is 2.16. The summed E-state index contributed by atoms with van der Waals surface area (Å²) in [6, 6.07) is 0. The Morgan fingerprint density at radius 2 is 0.533 bits per heavy atom. The lowest BCUT2D eigenvalue weighted by molar-refractivity contribution is 0.334. The van der Waals surface area contributed by atoms with E-state index < -0.39 is 10.4 Å². The minimum Gasteiger partial charge on any atom is -0.361 e. The Morgan fingerprint density at radius 3 is 0.756 bits per heavy atom. The van der Waals surface area contributed by atoms with Gasteiger partial charge in [-0.2, -0.15) is 0 Å². The molecule has 0 aromatic carbocycles. The Kier molecular flexibility index (Phi) is 36.7. The molecule has 0 aliphatic carbocycles. The van der Waals surface area contributed by atoms with Gasteiger partial charge in [-0.3, -0.25) is 0 Å². The molecule has 0 unspecified atom stereocenters. The highest BCUT2D eigenvalue weighted by molar-refractivity contribution is 7.82. The Balaban J connectivity index is 3.39. The molecule has 0 saturated heterocycles. The normalized spacial score (nSPS) is 12.1. The number of allylic oxidation sites excluding steroid dienone is 2. The lowest BCUT2D eigenvalue weighted by Crippen LogP contribution is -2.02. The van der Waals surface area contributed by atoms with Gasteiger partial charge in [0.2, 0.25) is 0 Å². The molecule has 0 aromatic heterocycles. The average Bonchev–Trinajstić information content (AvgIpc) is 3.03. The molecule has 0 rings (SSSR count). The van der Waals surface area contributed by atoms with Crippen LogP contribution in [0.4, 0.5) is 0 Å². The molecule has 268 valence electrons. The minimum atomic E-state index is -4.00. The van der Waals surface area contributed by atoms with Crippen LogP contribution in [0.25, 0.3) is 0 Å². The van der Waals surface area contributed by atoms with Gasteiger partial charge < -0.3 is 8.37 Å². The second kappa shape index (κ2) is 37.5. The highest BCUT2D eigenvalue weighted by Gasteiger charge is 2.07. The van der Waals surface area contributed by atoms with E-state index in [9.17, 15) is 8.42 Å². The summed E-state index contributed by atoms with van der Waals surface area (Å²) in [5.41, 5.74) is 0. The molecule has 0 bridgehead atoms. The first kappa shape index (κ1) is 44.0. The van der Waals surface area contributed by atoms with Gasteiger partial charge in [-0.05, 0) is 37.8 Å². The Labute approximate surface area is 283 Å². The van der Waals surface area contributed by atoms with Gasteiger partial charge >= 0.3 is 10.4 Å². The number of hydrogen-bond donors (Lipinski definition) is 0. The molecule has 0 aromatic rings. The van der Waals surface area contributed by atoms with Crippen molar-refractivity contribution in [2.75, 3.05) is 0 Å². The molecule has 0 spiro atoms. The smallest absolute Gasteiger partial charge is 0.361 e. The summed E-state index contributed by atoms with van der Waals surface area (Å²) in [5.74, 6) is 0. The minimum absolute atomic E-state index is 0.836. The molecule has 0 radical (unpaired) electrons. The largest absolute Gasteiger partial charge is 0.499 e. The first-order valence-electron chi connectivity index (χ1n) is 20.0. The molecule has 0 heterocycles. The lowest BCUT2D eigenvalue weighted by atomic mass is 10.0. The third-order valence-corrected chi connectivity index (χ3v) is 9.68. The second-order valence-corrected chi connectivity index (χ2v) is 14.7. The van der Waals surface area contributed by atoms with E-state index in [-0.39, 0.29) is 0 Å². The van der Waals surface area contributed by atoms with E-state index in [1.165, 1.54) is 205 Å². The van der Waals surface area contributed by atoms with Crippen LogP contribution in [0.2, 0.25) is 0 Å². The van der Waals surface area contributed by atoms with E-state index in [0.717, 1.165) is 25.7 Å².